The van der Waals surface area contributed by atoms with Crippen LogP contribution in [-0.4, -0.2) is 50.3 Å². The van der Waals surface area contributed by atoms with E-state index in [4.69, 9.17) is 9.73 Å². The number of benzene rings is 1. The summed E-state index contributed by atoms with van der Waals surface area (Å²) in [6.07, 6.45) is 4.64. The number of aliphatic imine (C=N–C) groups is 1. The van der Waals surface area contributed by atoms with Crippen molar-refractivity contribution in [1.29, 1.82) is 0 Å². The summed E-state index contributed by atoms with van der Waals surface area (Å²) in [6, 6.07) is 6.97. The molecule has 0 radical (unpaired) electrons. The SMILES string of the molecule is CCNC(=NCC1(c2ccc(F)cc2)CC1)N1CCC2(CCOC2)C1.I. The lowest BCUT2D eigenvalue weighted by molar-refractivity contribution is 0.156. The number of hydrogen-bond acceptors (Lipinski definition) is 2. The van der Waals surface area contributed by atoms with Crippen LogP contribution in [0.3, 0.4) is 0 Å². The molecule has 0 bridgehead atoms. The van der Waals surface area contributed by atoms with Gasteiger partial charge in [0.05, 0.1) is 13.2 Å². The van der Waals surface area contributed by atoms with Crippen molar-refractivity contribution in [2.24, 2.45) is 10.4 Å². The lowest BCUT2D eigenvalue weighted by atomic mass is 9.87. The van der Waals surface area contributed by atoms with Crippen molar-refractivity contribution in [2.45, 2.75) is 38.0 Å². The van der Waals surface area contributed by atoms with Gasteiger partial charge in [0.15, 0.2) is 5.96 Å². The van der Waals surface area contributed by atoms with Gasteiger partial charge in [0.2, 0.25) is 0 Å². The second-order valence-electron chi connectivity index (χ2n) is 7.93. The van der Waals surface area contributed by atoms with Crippen molar-refractivity contribution in [1.82, 2.24) is 10.2 Å². The fraction of sp³-hybridized carbons (Fsp3) is 0.650. The fourth-order valence-electron chi connectivity index (χ4n) is 4.23. The lowest BCUT2D eigenvalue weighted by Gasteiger charge is -2.25. The van der Waals surface area contributed by atoms with E-state index in [9.17, 15) is 4.39 Å². The second kappa shape index (κ2) is 8.00. The van der Waals surface area contributed by atoms with E-state index in [2.05, 4.69) is 17.1 Å². The van der Waals surface area contributed by atoms with E-state index in [0.717, 1.165) is 58.2 Å². The van der Waals surface area contributed by atoms with Gasteiger partial charge in [0.25, 0.3) is 0 Å². The Morgan fingerprint density at radius 2 is 2.00 bits per heavy atom. The van der Waals surface area contributed by atoms with Gasteiger partial charge in [-0.25, -0.2) is 4.39 Å². The van der Waals surface area contributed by atoms with Crippen LogP contribution in [0.2, 0.25) is 0 Å². The number of ether oxygens (including phenoxy) is 1. The van der Waals surface area contributed by atoms with Crippen molar-refractivity contribution in [3.8, 4) is 0 Å². The van der Waals surface area contributed by atoms with Crippen molar-refractivity contribution in [3.63, 3.8) is 0 Å². The monoisotopic (exact) mass is 473 g/mol. The van der Waals surface area contributed by atoms with Crippen LogP contribution in [0.1, 0.15) is 38.2 Å². The van der Waals surface area contributed by atoms with Gasteiger partial charge in [0.1, 0.15) is 5.82 Å². The summed E-state index contributed by atoms with van der Waals surface area (Å²) in [5.41, 5.74) is 1.67. The Morgan fingerprint density at radius 1 is 1.23 bits per heavy atom. The Balaban J connectivity index is 0.00000196. The van der Waals surface area contributed by atoms with Gasteiger partial charge in [-0.05, 0) is 50.3 Å². The first-order valence-corrected chi connectivity index (χ1v) is 9.52. The van der Waals surface area contributed by atoms with Crippen LogP contribution in [0.4, 0.5) is 4.39 Å². The van der Waals surface area contributed by atoms with Crippen LogP contribution in [0.15, 0.2) is 29.3 Å². The third-order valence-electron chi connectivity index (χ3n) is 6.10. The molecule has 3 aliphatic rings. The first-order valence-electron chi connectivity index (χ1n) is 9.52. The molecule has 144 valence electrons. The summed E-state index contributed by atoms with van der Waals surface area (Å²) in [5.74, 6) is 0.859. The minimum Gasteiger partial charge on any atom is -0.381 e. The minimum absolute atomic E-state index is 0. The molecule has 1 aliphatic carbocycles. The van der Waals surface area contributed by atoms with Crippen LogP contribution in [0, 0.1) is 11.2 Å². The van der Waals surface area contributed by atoms with E-state index in [0.29, 0.717) is 5.41 Å². The third-order valence-corrected chi connectivity index (χ3v) is 6.10. The summed E-state index contributed by atoms with van der Waals surface area (Å²) >= 11 is 0. The van der Waals surface area contributed by atoms with Gasteiger partial charge in [0, 0.05) is 37.1 Å². The number of halogens is 2. The van der Waals surface area contributed by atoms with Gasteiger partial charge < -0.3 is 15.0 Å². The number of rotatable bonds is 4. The molecule has 1 unspecified atom stereocenters. The number of nitrogens with one attached hydrogen (secondary N) is 1. The highest BCUT2D eigenvalue weighted by molar-refractivity contribution is 14.0. The van der Waals surface area contributed by atoms with Crippen molar-refractivity contribution in [3.05, 3.63) is 35.6 Å². The lowest BCUT2D eigenvalue weighted by Crippen LogP contribution is -2.42. The zero-order valence-electron chi connectivity index (χ0n) is 15.5. The van der Waals surface area contributed by atoms with Crippen molar-refractivity contribution >= 4 is 29.9 Å². The van der Waals surface area contributed by atoms with Crippen LogP contribution in [-0.2, 0) is 10.2 Å². The molecule has 2 aliphatic heterocycles. The molecule has 2 heterocycles. The molecule has 1 aromatic carbocycles. The van der Waals surface area contributed by atoms with E-state index in [1.165, 1.54) is 18.4 Å². The Labute approximate surface area is 172 Å². The van der Waals surface area contributed by atoms with E-state index >= 15 is 0 Å². The molecule has 1 spiro atoms. The molecule has 4 rings (SSSR count). The molecule has 1 aromatic rings. The van der Waals surface area contributed by atoms with Crippen molar-refractivity contribution < 1.29 is 9.13 Å². The maximum atomic E-state index is 13.2. The van der Waals surface area contributed by atoms with E-state index < -0.39 is 0 Å². The van der Waals surface area contributed by atoms with E-state index in [1.807, 2.05) is 12.1 Å². The van der Waals surface area contributed by atoms with Gasteiger partial charge in [-0.1, -0.05) is 12.1 Å². The summed E-state index contributed by atoms with van der Waals surface area (Å²) in [4.78, 5) is 7.38. The average molecular weight is 473 g/mol. The predicted octanol–water partition coefficient (Wildman–Crippen LogP) is 3.55. The quantitative estimate of drug-likeness (QED) is 0.413. The number of guanidine groups is 1. The zero-order valence-corrected chi connectivity index (χ0v) is 17.8. The van der Waals surface area contributed by atoms with Gasteiger partial charge in [-0.2, -0.15) is 0 Å². The Morgan fingerprint density at radius 3 is 2.62 bits per heavy atom. The highest BCUT2D eigenvalue weighted by atomic mass is 127. The summed E-state index contributed by atoms with van der Waals surface area (Å²) in [5, 5.41) is 3.47. The molecule has 4 nitrogen and oxygen atoms in total. The van der Waals surface area contributed by atoms with Gasteiger partial charge in [-0.3, -0.25) is 4.99 Å². The van der Waals surface area contributed by atoms with E-state index in [-0.39, 0.29) is 35.2 Å². The third kappa shape index (κ3) is 4.01. The fourth-order valence-corrected chi connectivity index (χ4v) is 4.23. The molecule has 0 amide bonds. The summed E-state index contributed by atoms with van der Waals surface area (Å²) < 4.78 is 18.8. The Kier molecular flexibility index (Phi) is 6.11. The normalized spacial score (nSPS) is 26.8. The smallest absolute Gasteiger partial charge is 0.193 e. The molecule has 3 fully saturated rings. The molecule has 2 saturated heterocycles. The molecule has 1 N–H and O–H groups in total. The molecule has 1 saturated carbocycles. The molecule has 1 atom stereocenters. The maximum Gasteiger partial charge on any atom is 0.193 e. The Bertz CT molecular complexity index is 639. The predicted molar refractivity (Wildman–Crippen MR) is 113 cm³/mol. The van der Waals surface area contributed by atoms with Gasteiger partial charge >= 0.3 is 0 Å². The molecule has 0 aromatic heterocycles. The number of nitrogens with zero attached hydrogens (tertiary/aromatic N) is 2. The molecule has 6 heteroatoms. The zero-order chi connectivity index (χ0) is 17.3. The highest BCUT2D eigenvalue weighted by Crippen LogP contribution is 2.48. The first-order chi connectivity index (χ1) is 12.1. The summed E-state index contributed by atoms with van der Waals surface area (Å²) in [6.45, 7) is 7.66. The average Bonchev–Trinajstić information content (AvgIpc) is 3.09. The molecule has 26 heavy (non-hydrogen) atoms. The number of likely N-dealkylation sites (tertiary alicyclic amines) is 1. The topological polar surface area (TPSA) is 36.9 Å². The van der Waals surface area contributed by atoms with E-state index in [1.54, 1.807) is 12.1 Å². The van der Waals surface area contributed by atoms with Crippen LogP contribution in [0.5, 0.6) is 0 Å². The van der Waals surface area contributed by atoms with Crippen LogP contribution >= 0.6 is 24.0 Å². The minimum atomic E-state index is -0.169. The van der Waals surface area contributed by atoms with Gasteiger partial charge in [-0.15, -0.1) is 24.0 Å². The highest BCUT2D eigenvalue weighted by Gasteiger charge is 2.45. The molecular formula is C20H29FIN3O. The van der Waals surface area contributed by atoms with Crippen LogP contribution < -0.4 is 5.32 Å². The largest absolute Gasteiger partial charge is 0.381 e. The van der Waals surface area contributed by atoms with Crippen LogP contribution in [0.25, 0.3) is 0 Å². The Hall–Kier alpha value is -0.890. The second-order valence-corrected chi connectivity index (χ2v) is 7.93. The van der Waals surface area contributed by atoms with Crippen molar-refractivity contribution in [2.75, 3.05) is 39.4 Å². The standard InChI is InChI=1S/C20H28FN3O.HI/c1-2-22-18(24-11-9-19(14-24)10-12-25-15-19)23-13-20(7-8-20)16-3-5-17(21)6-4-16;/h3-6H,2,7-15H2,1H3,(H,22,23);1H. The maximum absolute atomic E-state index is 13.2. The molecular weight excluding hydrogens is 444 g/mol. The summed E-state index contributed by atoms with van der Waals surface area (Å²) in [7, 11) is 0. The number of hydrogen-bond donors (Lipinski definition) is 1. The first kappa shape index (κ1) is 19.9.